The second kappa shape index (κ2) is 12.2. The quantitative estimate of drug-likeness (QED) is 0.287. The molecule has 6 bridgehead atoms. The molecule has 7 heterocycles. The molecule has 5 aliphatic rings. The lowest BCUT2D eigenvalue weighted by atomic mass is 9.93. The van der Waals surface area contributed by atoms with Crippen LogP contribution in [0.4, 0.5) is 19.0 Å². The average molecular weight is 645 g/mol. The number of carbonyl (C=O) groups is 1. The smallest absolute Gasteiger partial charge is 0.319 e. The summed E-state index contributed by atoms with van der Waals surface area (Å²) in [6.45, 7) is 3.44. The average Bonchev–Trinajstić information content (AvgIpc) is 3.60. The minimum Gasteiger partial charge on any atom is -0.461 e. The monoisotopic (exact) mass is 644 g/mol. The predicted octanol–water partition coefficient (Wildman–Crippen LogP) is 6.14. The standard InChI is InChI=1S/C36H39F3N6O2/c37-24-17-36(13-4-16-45(36)20-24)21-47-35-42-33-27-18-41-32(31(33)39)26-8-1-6-23-10-11-28(38)25(30(23)26)7-2-9-29(46)40-14-12-22-5-3-15-44(19-22)34(27)43-35/h1,6,8,10-11,18,22,24H,2-5,7,9,12-17,19-21H2,(H,40,46)/t22?,24-,36+/m1/s1. The molecule has 3 atom stereocenters. The van der Waals surface area contributed by atoms with Crippen LogP contribution in [0, 0.1) is 17.6 Å². The summed E-state index contributed by atoms with van der Waals surface area (Å²) in [4.78, 5) is 31.2. The number of halogens is 3. The Morgan fingerprint density at radius 3 is 2.85 bits per heavy atom. The van der Waals surface area contributed by atoms with E-state index in [1.807, 2.05) is 12.1 Å². The molecular weight excluding hydrogens is 605 g/mol. The lowest BCUT2D eigenvalue weighted by Crippen LogP contribution is -2.43. The number of pyridine rings is 1. The fourth-order valence-corrected chi connectivity index (χ4v) is 8.46. The molecule has 2 aromatic carbocycles. The van der Waals surface area contributed by atoms with Gasteiger partial charge in [-0.2, -0.15) is 9.97 Å². The number of anilines is 1. The van der Waals surface area contributed by atoms with E-state index in [0.29, 0.717) is 72.5 Å². The molecule has 11 heteroatoms. The highest BCUT2D eigenvalue weighted by Gasteiger charge is 2.49. The van der Waals surface area contributed by atoms with E-state index >= 15 is 8.78 Å². The molecule has 3 fully saturated rings. The third-order valence-electron chi connectivity index (χ3n) is 10.7. The van der Waals surface area contributed by atoms with Gasteiger partial charge < -0.3 is 15.0 Å². The summed E-state index contributed by atoms with van der Waals surface area (Å²) >= 11 is 0. The van der Waals surface area contributed by atoms with Gasteiger partial charge in [0.15, 0.2) is 5.82 Å². The zero-order chi connectivity index (χ0) is 32.1. The Bertz CT molecular complexity index is 1860. The number of hydrogen-bond acceptors (Lipinski definition) is 7. The van der Waals surface area contributed by atoms with E-state index in [1.54, 1.807) is 18.3 Å². The van der Waals surface area contributed by atoms with E-state index in [0.717, 1.165) is 50.6 Å². The third-order valence-corrected chi connectivity index (χ3v) is 10.7. The minimum absolute atomic E-state index is 0.0526. The Kier molecular flexibility index (Phi) is 7.90. The van der Waals surface area contributed by atoms with E-state index in [1.165, 1.54) is 6.07 Å². The molecule has 1 amide bonds. The van der Waals surface area contributed by atoms with Crippen LogP contribution in [0.5, 0.6) is 6.01 Å². The molecule has 1 unspecified atom stereocenters. The molecular formula is C36H39F3N6O2. The van der Waals surface area contributed by atoms with E-state index in [-0.39, 0.29) is 36.2 Å². The zero-order valence-corrected chi connectivity index (χ0v) is 26.4. The summed E-state index contributed by atoms with van der Waals surface area (Å²) in [5.41, 5.74) is 0.649. The topological polar surface area (TPSA) is 83.5 Å². The lowest BCUT2D eigenvalue weighted by molar-refractivity contribution is -0.121. The van der Waals surface area contributed by atoms with Crippen LogP contribution in [0.15, 0.2) is 36.5 Å². The van der Waals surface area contributed by atoms with Crippen molar-refractivity contribution < 1.29 is 22.7 Å². The summed E-state index contributed by atoms with van der Waals surface area (Å²) in [7, 11) is 0. The normalized spacial score (nSPS) is 25.3. The molecule has 0 aliphatic carbocycles. The Morgan fingerprint density at radius 2 is 1.94 bits per heavy atom. The maximum Gasteiger partial charge on any atom is 0.319 e. The second-order valence-electron chi connectivity index (χ2n) is 13.8. The second-order valence-corrected chi connectivity index (χ2v) is 13.8. The first-order valence-corrected chi connectivity index (χ1v) is 17.0. The van der Waals surface area contributed by atoms with E-state index in [9.17, 15) is 9.18 Å². The largest absolute Gasteiger partial charge is 0.461 e. The van der Waals surface area contributed by atoms with Crippen molar-refractivity contribution >= 4 is 33.4 Å². The van der Waals surface area contributed by atoms with Crippen molar-refractivity contribution in [1.82, 2.24) is 25.2 Å². The fraction of sp³-hybridized carbons (Fsp3) is 0.500. The number of rotatable bonds is 3. The van der Waals surface area contributed by atoms with Gasteiger partial charge in [-0.25, -0.2) is 13.2 Å². The molecule has 0 radical (unpaired) electrons. The van der Waals surface area contributed by atoms with Crippen molar-refractivity contribution in [2.45, 2.75) is 69.5 Å². The zero-order valence-electron chi connectivity index (χ0n) is 26.4. The number of aryl methyl sites for hydroxylation is 1. The van der Waals surface area contributed by atoms with E-state index in [4.69, 9.17) is 9.72 Å². The van der Waals surface area contributed by atoms with Gasteiger partial charge in [-0.1, -0.05) is 24.3 Å². The molecule has 0 saturated carbocycles. The number of ether oxygens (including phenoxy) is 1. The number of fused-ring (bicyclic) bond motifs is 8. The van der Waals surface area contributed by atoms with Gasteiger partial charge in [0.25, 0.3) is 0 Å². The summed E-state index contributed by atoms with van der Waals surface area (Å²) in [5.74, 6) is -0.220. The fourth-order valence-electron chi connectivity index (χ4n) is 8.46. The first-order valence-electron chi connectivity index (χ1n) is 17.0. The lowest BCUT2D eigenvalue weighted by Gasteiger charge is -2.34. The Morgan fingerprint density at radius 1 is 1.02 bits per heavy atom. The third kappa shape index (κ3) is 5.56. The molecule has 8 nitrogen and oxygen atoms in total. The molecule has 9 rings (SSSR count). The molecule has 0 spiro atoms. The van der Waals surface area contributed by atoms with Gasteiger partial charge in [0.1, 0.15) is 35.6 Å². The van der Waals surface area contributed by atoms with Gasteiger partial charge in [0.05, 0.1) is 10.9 Å². The van der Waals surface area contributed by atoms with Crippen LogP contribution in [0.25, 0.3) is 32.9 Å². The van der Waals surface area contributed by atoms with Crippen molar-refractivity contribution in [2.75, 3.05) is 44.2 Å². The summed E-state index contributed by atoms with van der Waals surface area (Å²) < 4.78 is 53.2. The minimum atomic E-state index is -0.899. The van der Waals surface area contributed by atoms with Gasteiger partial charge in [0, 0.05) is 50.8 Å². The molecule has 5 aliphatic heterocycles. The van der Waals surface area contributed by atoms with Crippen molar-refractivity contribution in [2.24, 2.45) is 5.92 Å². The summed E-state index contributed by atoms with van der Waals surface area (Å²) in [6.07, 6.45) is 6.74. The highest BCUT2D eigenvalue weighted by molar-refractivity contribution is 6.01. The van der Waals surface area contributed by atoms with Crippen LogP contribution in [-0.4, -0.2) is 76.8 Å². The predicted molar refractivity (Wildman–Crippen MR) is 174 cm³/mol. The van der Waals surface area contributed by atoms with Crippen molar-refractivity contribution in [3.05, 3.63) is 53.7 Å². The number of hydrogen-bond donors (Lipinski definition) is 1. The number of benzene rings is 2. The van der Waals surface area contributed by atoms with Crippen molar-refractivity contribution in [3.63, 3.8) is 0 Å². The van der Waals surface area contributed by atoms with Gasteiger partial charge in [-0.3, -0.25) is 14.7 Å². The SMILES string of the molecule is O=C1CCCc2c(F)ccc3cccc(c23)-c2ncc3c(nc(OC[C@@]45CCCN4C[C@H](F)C5)nc3c2F)N2CCCC(CCN1)C2. The first-order chi connectivity index (χ1) is 22.9. The van der Waals surface area contributed by atoms with Crippen LogP contribution in [-0.2, 0) is 11.2 Å². The van der Waals surface area contributed by atoms with Gasteiger partial charge in [0.2, 0.25) is 5.91 Å². The van der Waals surface area contributed by atoms with Crippen molar-refractivity contribution in [1.29, 1.82) is 0 Å². The summed E-state index contributed by atoms with van der Waals surface area (Å²) in [5, 5.41) is 4.87. The van der Waals surface area contributed by atoms with E-state index < -0.39 is 23.3 Å². The number of amides is 1. The maximum absolute atomic E-state index is 16.9. The van der Waals surface area contributed by atoms with Crippen LogP contribution in [0.3, 0.4) is 0 Å². The number of alkyl halides is 1. The molecule has 2 aromatic heterocycles. The van der Waals surface area contributed by atoms with Gasteiger partial charge in [-0.05, 0) is 79.8 Å². The molecule has 4 aromatic rings. The van der Waals surface area contributed by atoms with Crippen LogP contribution in [0.1, 0.15) is 56.9 Å². The first kappa shape index (κ1) is 30.4. The molecule has 3 saturated heterocycles. The van der Waals surface area contributed by atoms with E-state index in [2.05, 4.69) is 25.1 Å². The van der Waals surface area contributed by atoms with Crippen LogP contribution < -0.4 is 15.0 Å². The molecule has 47 heavy (non-hydrogen) atoms. The Balaban J connectivity index is 1.27. The highest BCUT2D eigenvalue weighted by Crippen LogP contribution is 2.41. The number of piperidine rings is 1. The highest BCUT2D eigenvalue weighted by atomic mass is 19.1. The van der Waals surface area contributed by atoms with Gasteiger partial charge in [-0.15, -0.1) is 0 Å². The number of nitrogens with one attached hydrogen (secondary N) is 1. The van der Waals surface area contributed by atoms with Gasteiger partial charge >= 0.3 is 6.01 Å². The van der Waals surface area contributed by atoms with Crippen LogP contribution in [0.2, 0.25) is 0 Å². The number of carbonyl (C=O) groups excluding carboxylic acids is 1. The maximum atomic E-state index is 16.9. The number of nitrogens with zero attached hydrogens (tertiary/aromatic N) is 5. The Hall–Kier alpha value is -3.99. The molecule has 246 valence electrons. The Labute approximate surface area is 271 Å². The van der Waals surface area contributed by atoms with Crippen LogP contribution >= 0.6 is 0 Å². The number of aromatic nitrogens is 3. The summed E-state index contributed by atoms with van der Waals surface area (Å²) in [6, 6.07) is 8.60. The van der Waals surface area contributed by atoms with Crippen molar-refractivity contribution in [3.8, 4) is 17.3 Å². The molecule has 1 N–H and O–H groups in total.